The second-order valence-corrected chi connectivity index (χ2v) is 3.60. The summed E-state index contributed by atoms with van der Waals surface area (Å²) in [5.74, 6) is 1.57. The summed E-state index contributed by atoms with van der Waals surface area (Å²) in [4.78, 5) is 8.33. The quantitative estimate of drug-likeness (QED) is 0.794. The standard InChI is InChI=1S/C11H15N3O/c1-8-13-6-5-9(14-8)11(12)10-4-2-3-7-15-10/h4-6,11H,2-3,7,12H2,1H3. The molecule has 0 aromatic carbocycles. The number of aromatic nitrogens is 2. The molecule has 1 unspecified atom stereocenters. The van der Waals surface area contributed by atoms with Gasteiger partial charge in [0.15, 0.2) is 0 Å². The Hall–Kier alpha value is -1.42. The molecule has 1 atom stereocenters. The van der Waals surface area contributed by atoms with E-state index in [4.69, 9.17) is 10.5 Å². The maximum Gasteiger partial charge on any atom is 0.125 e. The van der Waals surface area contributed by atoms with Crippen molar-refractivity contribution in [3.63, 3.8) is 0 Å². The van der Waals surface area contributed by atoms with E-state index in [1.54, 1.807) is 6.20 Å². The van der Waals surface area contributed by atoms with Crippen LogP contribution < -0.4 is 5.73 Å². The van der Waals surface area contributed by atoms with Crippen LogP contribution >= 0.6 is 0 Å². The van der Waals surface area contributed by atoms with Crippen LogP contribution in [-0.4, -0.2) is 16.6 Å². The van der Waals surface area contributed by atoms with Crippen LogP contribution in [0.3, 0.4) is 0 Å². The maximum atomic E-state index is 6.06. The third kappa shape index (κ3) is 2.33. The van der Waals surface area contributed by atoms with Gasteiger partial charge in [-0.1, -0.05) is 0 Å². The van der Waals surface area contributed by atoms with Crippen LogP contribution in [0.1, 0.15) is 30.4 Å². The maximum absolute atomic E-state index is 6.06. The highest BCUT2D eigenvalue weighted by atomic mass is 16.5. The van der Waals surface area contributed by atoms with Crippen molar-refractivity contribution in [2.45, 2.75) is 25.8 Å². The SMILES string of the molecule is Cc1nccc(C(N)C2=CCCCO2)n1. The van der Waals surface area contributed by atoms with Gasteiger partial charge in [-0.3, -0.25) is 0 Å². The highest BCUT2D eigenvalue weighted by molar-refractivity contribution is 5.18. The van der Waals surface area contributed by atoms with Gasteiger partial charge in [-0.15, -0.1) is 0 Å². The molecule has 0 fully saturated rings. The van der Waals surface area contributed by atoms with Crippen molar-refractivity contribution in [3.05, 3.63) is 35.6 Å². The van der Waals surface area contributed by atoms with Crippen molar-refractivity contribution >= 4 is 0 Å². The molecule has 15 heavy (non-hydrogen) atoms. The molecule has 80 valence electrons. The third-order valence-corrected chi connectivity index (χ3v) is 2.39. The van der Waals surface area contributed by atoms with Crippen molar-refractivity contribution in [1.29, 1.82) is 0 Å². The highest BCUT2D eigenvalue weighted by Gasteiger charge is 2.16. The largest absolute Gasteiger partial charge is 0.496 e. The Morgan fingerprint density at radius 1 is 1.53 bits per heavy atom. The van der Waals surface area contributed by atoms with E-state index in [9.17, 15) is 0 Å². The lowest BCUT2D eigenvalue weighted by Crippen LogP contribution is -2.19. The molecule has 1 aliphatic heterocycles. The van der Waals surface area contributed by atoms with Crippen molar-refractivity contribution in [3.8, 4) is 0 Å². The van der Waals surface area contributed by atoms with Gasteiger partial charge in [0.2, 0.25) is 0 Å². The average molecular weight is 205 g/mol. The van der Waals surface area contributed by atoms with Crippen molar-refractivity contribution in [2.24, 2.45) is 5.73 Å². The summed E-state index contributed by atoms with van der Waals surface area (Å²) in [6, 6.07) is 1.57. The molecule has 0 spiro atoms. The summed E-state index contributed by atoms with van der Waals surface area (Å²) in [5.41, 5.74) is 6.87. The Bertz CT molecular complexity index is 376. The predicted octanol–water partition coefficient (Wildman–Crippen LogP) is 1.48. The van der Waals surface area contributed by atoms with Crippen LogP contribution in [0.25, 0.3) is 0 Å². The van der Waals surface area contributed by atoms with Gasteiger partial charge in [-0.25, -0.2) is 9.97 Å². The smallest absolute Gasteiger partial charge is 0.125 e. The van der Waals surface area contributed by atoms with Crippen molar-refractivity contribution in [2.75, 3.05) is 6.61 Å². The Balaban J connectivity index is 2.19. The van der Waals surface area contributed by atoms with Crippen LogP contribution in [-0.2, 0) is 4.74 Å². The first kappa shape index (κ1) is 10.1. The first-order valence-corrected chi connectivity index (χ1v) is 5.15. The summed E-state index contributed by atoms with van der Waals surface area (Å²) < 4.78 is 5.51. The van der Waals surface area contributed by atoms with Crippen molar-refractivity contribution in [1.82, 2.24) is 9.97 Å². The molecular weight excluding hydrogens is 190 g/mol. The van der Waals surface area contributed by atoms with E-state index in [0.29, 0.717) is 0 Å². The van der Waals surface area contributed by atoms with Crippen LogP contribution in [0.15, 0.2) is 24.1 Å². The van der Waals surface area contributed by atoms with E-state index in [0.717, 1.165) is 36.7 Å². The predicted molar refractivity (Wildman–Crippen MR) is 57.0 cm³/mol. The Morgan fingerprint density at radius 2 is 2.40 bits per heavy atom. The van der Waals surface area contributed by atoms with E-state index in [2.05, 4.69) is 9.97 Å². The summed E-state index contributed by atoms with van der Waals surface area (Å²) in [7, 11) is 0. The molecule has 0 saturated carbocycles. The lowest BCUT2D eigenvalue weighted by molar-refractivity contribution is 0.175. The summed E-state index contributed by atoms with van der Waals surface area (Å²) in [6.07, 6.45) is 5.87. The van der Waals surface area contributed by atoms with E-state index in [1.807, 2.05) is 19.1 Å². The lowest BCUT2D eigenvalue weighted by Gasteiger charge is -2.20. The van der Waals surface area contributed by atoms with Crippen LogP contribution in [0, 0.1) is 6.92 Å². The minimum absolute atomic E-state index is 0.257. The molecule has 0 radical (unpaired) electrons. The molecule has 4 nitrogen and oxygen atoms in total. The minimum Gasteiger partial charge on any atom is -0.496 e. The monoisotopic (exact) mass is 205 g/mol. The molecule has 2 heterocycles. The van der Waals surface area contributed by atoms with E-state index >= 15 is 0 Å². The summed E-state index contributed by atoms with van der Waals surface area (Å²) in [5, 5.41) is 0. The molecule has 1 aromatic heterocycles. The molecule has 0 amide bonds. The normalized spacial score (nSPS) is 17.9. The molecule has 4 heteroatoms. The lowest BCUT2D eigenvalue weighted by atomic mass is 10.1. The second-order valence-electron chi connectivity index (χ2n) is 3.60. The number of ether oxygens (including phenoxy) is 1. The molecule has 2 N–H and O–H groups in total. The van der Waals surface area contributed by atoms with Gasteiger partial charge >= 0.3 is 0 Å². The van der Waals surface area contributed by atoms with Gasteiger partial charge < -0.3 is 10.5 Å². The number of hydrogen-bond acceptors (Lipinski definition) is 4. The molecule has 0 bridgehead atoms. The molecule has 2 rings (SSSR count). The van der Waals surface area contributed by atoms with E-state index < -0.39 is 0 Å². The summed E-state index contributed by atoms with van der Waals surface area (Å²) in [6.45, 7) is 2.61. The summed E-state index contributed by atoms with van der Waals surface area (Å²) >= 11 is 0. The van der Waals surface area contributed by atoms with E-state index in [1.165, 1.54) is 0 Å². The Labute approximate surface area is 89.2 Å². The van der Waals surface area contributed by atoms with Gasteiger partial charge in [0.05, 0.1) is 12.3 Å². The fourth-order valence-corrected chi connectivity index (χ4v) is 1.59. The fraction of sp³-hybridized carbons (Fsp3) is 0.455. The number of allylic oxidation sites excluding steroid dienone is 1. The minimum atomic E-state index is -0.257. The number of aryl methyl sites for hydroxylation is 1. The Morgan fingerprint density at radius 3 is 3.07 bits per heavy atom. The van der Waals surface area contributed by atoms with Gasteiger partial charge in [0, 0.05) is 6.20 Å². The molecular formula is C11H15N3O. The molecule has 1 aromatic rings. The van der Waals surface area contributed by atoms with Crippen LogP contribution in [0.5, 0.6) is 0 Å². The molecule has 1 aliphatic rings. The number of rotatable bonds is 2. The highest BCUT2D eigenvalue weighted by Crippen LogP contribution is 2.22. The third-order valence-electron chi connectivity index (χ3n) is 2.39. The van der Waals surface area contributed by atoms with Crippen LogP contribution in [0.4, 0.5) is 0 Å². The first-order valence-electron chi connectivity index (χ1n) is 5.15. The zero-order valence-electron chi connectivity index (χ0n) is 8.81. The number of nitrogens with two attached hydrogens (primary N) is 1. The van der Waals surface area contributed by atoms with Gasteiger partial charge in [0.1, 0.15) is 17.6 Å². The fourth-order valence-electron chi connectivity index (χ4n) is 1.59. The molecule has 0 saturated heterocycles. The second kappa shape index (κ2) is 4.40. The van der Waals surface area contributed by atoms with Crippen LogP contribution in [0.2, 0.25) is 0 Å². The zero-order valence-corrected chi connectivity index (χ0v) is 8.81. The van der Waals surface area contributed by atoms with Gasteiger partial charge in [0.25, 0.3) is 0 Å². The zero-order chi connectivity index (χ0) is 10.7. The van der Waals surface area contributed by atoms with Gasteiger partial charge in [-0.2, -0.15) is 0 Å². The topological polar surface area (TPSA) is 61.0 Å². The molecule has 0 aliphatic carbocycles. The van der Waals surface area contributed by atoms with E-state index in [-0.39, 0.29) is 6.04 Å². The van der Waals surface area contributed by atoms with Gasteiger partial charge in [-0.05, 0) is 31.9 Å². The average Bonchev–Trinajstić information content (AvgIpc) is 2.29. The number of hydrogen-bond donors (Lipinski definition) is 1. The number of nitrogens with zero attached hydrogens (tertiary/aromatic N) is 2. The first-order chi connectivity index (χ1) is 7.27. The Kier molecular flexibility index (Phi) is 2.97. The van der Waals surface area contributed by atoms with Crippen molar-refractivity contribution < 1.29 is 4.74 Å².